The molecular formula is C8H13N3O2. The molecule has 0 bridgehead atoms. The monoisotopic (exact) mass is 183 g/mol. The largest absolute Gasteiger partial charge is 0.428 e. The maximum Gasteiger partial charge on any atom is 0.428 e. The van der Waals surface area contributed by atoms with Crippen LogP contribution in [-0.4, -0.2) is 42.7 Å². The number of carbonyl (C=O) groups excluding carboxylic acids is 1. The van der Waals surface area contributed by atoms with E-state index in [0.29, 0.717) is 13.0 Å². The van der Waals surface area contributed by atoms with E-state index in [4.69, 9.17) is 10.1 Å². The van der Waals surface area contributed by atoms with E-state index in [1.807, 2.05) is 6.07 Å². The van der Waals surface area contributed by atoms with Crippen LogP contribution in [0.2, 0.25) is 0 Å². The fraction of sp³-hybridized carbons (Fsp3) is 0.750. The van der Waals surface area contributed by atoms with Crippen LogP contribution in [0.1, 0.15) is 12.8 Å². The fourth-order valence-corrected chi connectivity index (χ4v) is 0.943. The lowest BCUT2D eigenvalue weighted by molar-refractivity contribution is -0.0954. The van der Waals surface area contributed by atoms with Crippen molar-refractivity contribution >= 4 is 6.09 Å². The number of hydrogen-bond donors (Lipinski definition) is 0. The first kappa shape index (κ1) is 9.81. The van der Waals surface area contributed by atoms with Crippen LogP contribution in [0.4, 0.5) is 4.79 Å². The van der Waals surface area contributed by atoms with E-state index in [-0.39, 0.29) is 6.09 Å². The standard InChI is InChI=1S/C8H13N3O2/c1-10(5-2-4-9)13-8(12)11-6-3-7-11/h2-3,5-7H2,1H3. The van der Waals surface area contributed by atoms with Gasteiger partial charge in [-0.1, -0.05) is 0 Å². The number of hydroxylamine groups is 2. The minimum absolute atomic E-state index is 0.313. The van der Waals surface area contributed by atoms with Gasteiger partial charge in [0.2, 0.25) is 0 Å². The van der Waals surface area contributed by atoms with Gasteiger partial charge in [0, 0.05) is 26.7 Å². The third-order valence-corrected chi connectivity index (χ3v) is 1.89. The summed E-state index contributed by atoms with van der Waals surface area (Å²) in [6.07, 6.45) is 1.10. The lowest BCUT2D eigenvalue weighted by atomic mass is 10.2. The van der Waals surface area contributed by atoms with Crippen LogP contribution in [0, 0.1) is 11.3 Å². The highest BCUT2D eigenvalue weighted by Gasteiger charge is 2.22. The maximum absolute atomic E-state index is 11.2. The van der Waals surface area contributed by atoms with Crippen molar-refractivity contribution < 1.29 is 9.63 Å². The number of nitrogens with zero attached hydrogens (tertiary/aromatic N) is 3. The average Bonchev–Trinajstić information content (AvgIpc) is 1.97. The van der Waals surface area contributed by atoms with Crippen molar-refractivity contribution in [1.82, 2.24) is 9.96 Å². The summed E-state index contributed by atoms with van der Waals surface area (Å²) in [7, 11) is 1.65. The Hall–Kier alpha value is -1.28. The van der Waals surface area contributed by atoms with Crippen LogP contribution in [0.3, 0.4) is 0 Å². The number of amides is 1. The molecule has 1 fully saturated rings. The van der Waals surface area contributed by atoms with Crippen LogP contribution in [0.15, 0.2) is 0 Å². The van der Waals surface area contributed by atoms with Gasteiger partial charge in [-0.25, -0.2) is 4.79 Å². The quantitative estimate of drug-likeness (QED) is 0.601. The molecule has 72 valence electrons. The molecule has 1 heterocycles. The van der Waals surface area contributed by atoms with Crippen molar-refractivity contribution in [2.24, 2.45) is 0 Å². The van der Waals surface area contributed by atoms with Gasteiger partial charge >= 0.3 is 6.09 Å². The molecule has 13 heavy (non-hydrogen) atoms. The Bertz CT molecular complexity index is 220. The molecule has 0 aromatic carbocycles. The molecule has 1 amide bonds. The molecule has 1 saturated heterocycles. The summed E-state index contributed by atoms with van der Waals surface area (Å²) in [5.41, 5.74) is 0. The van der Waals surface area contributed by atoms with Gasteiger partial charge in [0.05, 0.1) is 12.5 Å². The molecule has 1 aliphatic rings. The predicted molar refractivity (Wildman–Crippen MR) is 45.5 cm³/mol. The van der Waals surface area contributed by atoms with E-state index >= 15 is 0 Å². The summed E-state index contributed by atoms with van der Waals surface area (Å²) < 4.78 is 0. The molecule has 0 saturated carbocycles. The Kier molecular flexibility index (Phi) is 3.53. The molecule has 1 aliphatic heterocycles. The predicted octanol–water partition coefficient (Wildman–Crippen LogP) is 0.589. The van der Waals surface area contributed by atoms with Crippen LogP contribution >= 0.6 is 0 Å². The Morgan fingerprint density at radius 1 is 1.69 bits per heavy atom. The van der Waals surface area contributed by atoms with Gasteiger partial charge in [-0.2, -0.15) is 5.26 Å². The first-order valence-electron chi connectivity index (χ1n) is 4.29. The second-order valence-electron chi connectivity index (χ2n) is 2.96. The van der Waals surface area contributed by atoms with E-state index < -0.39 is 0 Å². The van der Waals surface area contributed by atoms with Crippen molar-refractivity contribution in [3.05, 3.63) is 0 Å². The topological polar surface area (TPSA) is 56.6 Å². The summed E-state index contributed by atoms with van der Waals surface area (Å²) in [6.45, 7) is 2.02. The van der Waals surface area contributed by atoms with Gasteiger partial charge < -0.3 is 9.74 Å². The summed E-state index contributed by atoms with van der Waals surface area (Å²) >= 11 is 0. The lowest BCUT2D eigenvalue weighted by Gasteiger charge is -2.30. The normalized spacial score (nSPS) is 15.0. The molecular weight excluding hydrogens is 170 g/mol. The zero-order valence-corrected chi connectivity index (χ0v) is 7.69. The van der Waals surface area contributed by atoms with Gasteiger partial charge in [-0.05, 0) is 6.42 Å². The summed E-state index contributed by atoms with van der Waals surface area (Å²) in [5.74, 6) is 0. The van der Waals surface area contributed by atoms with Crippen molar-refractivity contribution in [3.8, 4) is 6.07 Å². The molecule has 0 aromatic rings. The van der Waals surface area contributed by atoms with Crippen molar-refractivity contribution in [2.45, 2.75) is 12.8 Å². The molecule has 5 heteroatoms. The first-order chi connectivity index (χ1) is 6.24. The zero-order chi connectivity index (χ0) is 9.68. The van der Waals surface area contributed by atoms with Gasteiger partial charge in [-0.15, -0.1) is 5.06 Å². The summed E-state index contributed by atoms with van der Waals surface area (Å²) in [4.78, 5) is 17.7. The van der Waals surface area contributed by atoms with Gasteiger partial charge in [0.15, 0.2) is 0 Å². The third-order valence-electron chi connectivity index (χ3n) is 1.89. The second-order valence-corrected chi connectivity index (χ2v) is 2.96. The molecule has 5 nitrogen and oxygen atoms in total. The Morgan fingerprint density at radius 2 is 2.38 bits per heavy atom. The van der Waals surface area contributed by atoms with Gasteiger partial charge in [-0.3, -0.25) is 0 Å². The molecule has 0 aromatic heterocycles. The molecule has 1 rings (SSSR count). The smallest absolute Gasteiger partial charge is 0.351 e. The minimum atomic E-state index is -0.313. The van der Waals surface area contributed by atoms with Crippen molar-refractivity contribution in [1.29, 1.82) is 5.26 Å². The third kappa shape index (κ3) is 2.92. The average molecular weight is 183 g/mol. The van der Waals surface area contributed by atoms with Crippen LogP contribution in [0.25, 0.3) is 0 Å². The number of rotatable bonds is 3. The molecule has 0 N–H and O–H groups in total. The Morgan fingerprint density at radius 3 is 2.85 bits per heavy atom. The molecule has 0 unspecified atom stereocenters. The summed E-state index contributed by atoms with van der Waals surface area (Å²) in [5, 5.41) is 9.68. The van der Waals surface area contributed by atoms with Crippen LogP contribution < -0.4 is 0 Å². The maximum atomic E-state index is 11.2. The van der Waals surface area contributed by atoms with E-state index in [1.54, 1.807) is 11.9 Å². The highest BCUT2D eigenvalue weighted by atomic mass is 16.7. The molecule has 0 aliphatic carbocycles. The highest BCUT2D eigenvalue weighted by Crippen LogP contribution is 2.08. The van der Waals surface area contributed by atoms with E-state index in [2.05, 4.69) is 0 Å². The van der Waals surface area contributed by atoms with Crippen LogP contribution in [-0.2, 0) is 4.84 Å². The Balaban J connectivity index is 2.15. The molecule has 0 atom stereocenters. The van der Waals surface area contributed by atoms with Gasteiger partial charge in [0.1, 0.15) is 0 Å². The van der Waals surface area contributed by atoms with Gasteiger partial charge in [0.25, 0.3) is 0 Å². The number of nitriles is 1. The number of hydrogen-bond acceptors (Lipinski definition) is 4. The lowest BCUT2D eigenvalue weighted by Crippen LogP contribution is -2.44. The van der Waals surface area contributed by atoms with Crippen molar-refractivity contribution in [2.75, 3.05) is 26.7 Å². The SMILES string of the molecule is CN(CCC#N)OC(=O)N1CCC1. The minimum Gasteiger partial charge on any atom is -0.351 e. The van der Waals surface area contributed by atoms with Crippen molar-refractivity contribution in [3.63, 3.8) is 0 Å². The number of likely N-dealkylation sites (tertiary alicyclic amines) is 1. The Labute approximate surface area is 77.4 Å². The fourth-order valence-electron chi connectivity index (χ4n) is 0.943. The molecule has 0 spiro atoms. The summed E-state index contributed by atoms with van der Waals surface area (Å²) in [6, 6.07) is 1.98. The van der Waals surface area contributed by atoms with Crippen LogP contribution in [0.5, 0.6) is 0 Å². The van der Waals surface area contributed by atoms with E-state index in [1.165, 1.54) is 5.06 Å². The first-order valence-corrected chi connectivity index (χ1v) is 4.29. The molecule has 0 radical (unpaired) electrons. The second kappa shape index (κ2) is 4.67. The highest BCUT2D eigenvalue weighted by molar-refractivity contribution is 5.68. The van der Waals surface area contributed by atoms with E-state index in [9.17, 15) is 4.79 Å². The van der Waals surface area contributed by atoms with E-state index in [0.717, 1.165) is 19.5 Å². The zero-order valence-electron chi connectivity index (χ0n) is 7.69. The number of carbonyl (C=O) groups is 1.